The van der Waals surface area contributed by atoms with Gasteiger partial charge >= 0.3 is 0 Å². The van der Waals surface area contributed by atoms with E-state index in [9.17, 15) is 9.18 Å². The molecular weight excluding hydrogens is 255 g/mol. The van der Waals surface area contributed by atoms with Crippen LogP contribution >= 0.6 is 11.6 Å². The molecule has 18 heavy (non-hydrogen) atoms. The first-order valence-corrected chi connectivity index (χ1v) is 5.63. The van der Waals surface area contributed by atoms with E-state index >= 15 is 0 Å². The minimum absolute atomic E-state index is 0.157. The van der Waals surface area contributed by atoms with Gasteiger partial charge in [-0.25, -0.2) is 9.37 Å². The van der Waals surface area contributed by atoms with Gasteiger partial charge in [0.05, 0.1) is 0 Å². The number of anilines is 1. The highest BCUT2D eigenvalue weighted by molar-refractivity contribution is 6.31. The van der Waals surface area contributed by atoms with Crippen LogP contribution < -0.4 is 5.32 Å². The average Bonchev–Trinajstić information content (AvgIpc) is 2.31. The molecule has 0 aliphatic heterocycles. The number of aryl methyl sites for hydroxylation is 1. The van der Waals surface area contributed by atoms with Gasteiger partial charge in [0.15, 0.2) is 0 Å². The first-order chi connectivity index (χ1) is 8.56. The lowest BCUT2D eigenvalue weighted by Gasteiger charge is -2.07. The van der Waals surface area contributed by atoms with Gasteiger partial charge in [0.2, 0.25) is 0 Å². The standard InChI is InChI=1S/C13H10ClFN2O/c1-8-3-2-4-16-12(8)17-13(18)9-5-10(14)7-11(15)6-9/h2-7H,1H3,(H,16,17,18). The summed E-state index contributed by atoms with van der Waals surface area (Å²) in [7, 11) is 0. The second-order valence-electron chi connectivity index (χ2n) is 3.78. The molecular formula is C13H10ClFN2O. The van der Waals surface area contributed by atoms with Crippen molar-refractivity contribution in [3.63, 3.8) is 0 Å². The third-order valence-corrected chi connectivity index (χ3v) is 2.58. The molecule has 0 atom stereocenters. The molecule has 1 aromatic heterocycles. The molecule has 0 saturated carbocycles. The Balaban J connectivity index is 2.25. The van der Waals surface area contributed by atoms with Gasteiger partial charge in [-0.3, -0.25) is 4.79 Å². The number of benzene rings is 1. The smallest absolute Gasteiger partial charge is 0.256 e. The highest BCUT2D eigenvalue weighted by Crippen LogP contribution is 2.16. The Kier molecular flexibility index (Phi) is 3.58. The van der Waals surface area contributed by atoms with E-state index in [0.29, 0.717) is 5.82 Å². The highest BCUT2D eigenvalue weighted by Gasteiger charge is 2.10. The lowest BCUT2D eigenvalue weighted by Crippen LogP contribution is -2.14. The molecule has 1 aromatic carbocycles. The van der Waals surface area contributed by atoms with Crippen LogP contribution in [0.4, 0.5) is 10.2 Å². The number of rotatable bonds is 2. The van der Waals surface area contributed by atoms with Crippen LogP contribution in [0.25, 0.3) is 0 Å². The predicted octanol–water partition coefficient (Wildman–Crippen LogP) is 3.43. The number of hydrogen-bond acceptors (Lipinski definition) is 2. The number of amides is 1. The molecule has 92 valence electrons. The summed E-state index contributed by atoms with van der Waals surface area (Å²) < 4.78 is 13.1. The Labute approximate surface area is 109 Å². The number of aromatic nitrogens is 1. The molecule has 0 saturated heterocycles. The number of nitrogens with one attached hydrogen (secondary N) is 1. The number of nitrogens with zero attached hydrogens (tertiary/aromatic N) is 1. The summed E-state index contributed by atoms with van der Waals surface area (Å²) in [4.78, 5) is 15.9. The molecule has 1 heterocycles. The summed E-state index contributed by atoms with van der Waals surface area (Å²) in [6, 6.07) is 7.26. The normalized spacial score (nSPS) is 10.2. The maximum atomic E-state index is 13.1. The summed E-state index contributed by atoms with van der Waals surface area (Å²) in [5.74, 6) is -0.550. The molecule has 0 aliphatic rings. The van der Waals surface area contributed by atoms with Crippen molar-refractivity contribution in [3.05, 3.63) is 58.5 Å². The van der Waals surface area contributed by atoms with E-state index in [2.05, 4.69) is 10.3 Å². The number of carbonyl (C=O) groups is 1. The maximum absolute atomic E-state index is 13.1. The van der Waals surface area contributed by atoms with Gasteiger partial charge in [0.1, 0.15) is 11.6 Å². The molecule has 0 fully saturated rings. The molecule has 0 spiro atoms. The Morgan fingerprint density at radius 1 is 1.39 bits per heavy atom. The monoisotopic (exact) mass is 264 g/mol. The topological polar surface area (TPSA) is 42.0 Å². The third kappa shape index (κ3) is 2.84. The van der Waals surface area contributed by atoms with Crippen LogP contribution in [0.3, 0.4) is 0 Å². The summed E-state index contributed by atoms with van der Waals surface area (Å²) in [6.45, 7) is 1.82. The minimum atomic E-state index is -0.551. The molecule has 2 rings (SSSR count). The molecule has 5 heteroatoms. The molecule has 3 nitrogen and oxygen atoms in total. The number of hydrogen-bond donors (Lipinski definition) is 1. The van der Waals surface area contributed by atoms with E-state index in [1.54, 1.807) is 12.3 Å². The molecule has 0 unspecified atom stereocenters. The van der Waals surface area contributed by atoms with Crippen LogP contribution in [0.1, 0.15) is 15.9 Å². The largest absolute Gasteiger partial charge is 0.306 e. The van der Waals surface area contributed by atoms with E-state index < -0.39 is 11.7 Å². The molecule has 0 bridgehead atoms. The van der Waals surface area contributed by atoms with Gasteiger partial charge < -0.3 is 5.32 Å². The molecule has 1 N–H and O–H groups in total. The van der Waals surface area contributed by atoms with Crippen molar-refractivity contribution in [2.75, 3.05) is 5.32 Å². The number of halogens is 2. The first kappa shape index (κ1) is 12.5. The fourth-order valence-electron chi connectivity index (χ4n) is 1.48. The molecule has 0 radical (unpaired) electrons. The van der Waals surface area contributed by atoms with Gasteiger partial charge in [0, 0.05) is 16.8 Å². The average molecular weight is 265 g/mol. The van der Waals surface area contributed by atoms with Crippen molar-refractivity contribution in [1.29, 1.82) is 0 Å². The van der Waals surface area contributed by atoms with Gasteiger partial charge in [-0.1, -0.05) is 17.7 Å². The summed E-state index contributed by atoms with van der Waals surface area (Å²) in [5.41, 5.74) is 0.985. The van der Waals surface area contributed by atoms with E-state index in [-0.39, 0.29) is 10.6 Å². The second kappa shape index (κ2) is 5.14. The molecule has 1 amide bonds. The predicted molar refractivity (Wildman–Crippen MR) is 68.3 cm³/mol. The van der Waals surface area contributed by atoms with Gasteiger partial charge in [-0.15, -0.1) is 0 Å². The van der Waals surface area contributed by atoms with E-state index in [1.165, 1.54) is 6.07 Å². The van der Waals surface area contributed by atoms with Crippen LogP contribution in [0.15, 0.2) is 36.5 Å². The van der Waals surface area contributed by atoms with Crippen molar-refractivity contribution >= 4 is 23.3 Å². The van der Waals surface area contributed by atoms with Gasteiger partial charge in [0.25, 0.3) is 5.91 Å². The van der Waals surface area contributed by atoms with Gasteiger partial charge in [-0.2, -0.15) is 0 Å². The maximum Gasteiger partial charge on any atom is 0.256 e. The quantitative estimate of drug-likeness (QED) is 0.903. The molecule has 2 aromatic rings. The summed E-state index contributed by atoms with van der Waals surface area (Å²) >= 11 is 5.69. The van der Waals surface area contributed by atoms with Crippen LogP contribution in [0.5, 0.6) is 0 Å². The fraction of sp³-hybridized carbons (Fsp3) is 0.0769. The van der Waals surface area contributed by atoms with Crippen molar-refractivity contribution < 1.29 is 9.18 Å². The van der Waals surface area contributed by atoms with Crippen molar-refractivity contribution in [2.45, 2.75) is 6.92 Å². The van der Waals surface area contributed by atoms with Crippen LogP contribution in [0.2, 0.25) is 5.02 Å². The third-order valence-electron chi connectivity index (χ3n) is 2.37. The summed E-state index contributed by atoms with van der Waals surface area (Å²) in [5, 5.41) is 2.78. The van der Waals surface area contributed by atoms with Crippen LogP contribution in [-0.2, 0) is 0 Å². The number of pyridine rings is 1. The van der Waals surface area contributed by atoms with E-state index in [0.717, 1.165) is 17.7 Å². The fourth-order valence-corrected chi connectivity index (χ4v) is 1.70. The lowest BCUT2D eigenvalue weighted by atomic mass is 10.2. The lowest BCUT2D eigenvalue weighted by molar-refractivity contribution is 0.102. The second-order valence-corrected chi connectivity index (χ2v) is 4.22. The molecule has 0 aliphatic carbocycles. The van der Waals surface area contributed by atoms with E-state index in [4.69, 9.17) is 11.6 Å². The summed E-state index contributed by atoms with van der Waals surface area (Å²) in [6.07, 6.45) is 1.57. The Hall–Kier alpha value is -1.94. The van der Waals surface area contributed by atoms with Gasteiger partial charge in [-0.05, 0) is 36.8 Å². The van der Waals surface area contributed by atoms with Crippen molar-refractivity contribution in [3.8, 4) is 0 Å². The minimum Gasteiger partial charge on any atom is -0.306 e. The Morgan fingerprint density at radius 3 is 2.83 bits per heavy atom. The number of carbonyl (C=O) groups excluding carboxylic acids is 1. The SMILES string of the molecule is Cc1cccnc1NC(=O)c1cc(F)cc(Cl)c1. The van der Waals surface area contributed by atoms with Crippen molar-refractivity contribution in [1.82, 2.24) is 4.98 Å². The highest BCUT2D eigenvalue weighted by atomic mass is 35.5. The van der Waals surface area contributed by atoms with E-state index in [1.807, 2.05) is 13.0 Å². The van der Waals surface area contributed by atoms with Crippen LogP contribution in [-0.4, -0.2) is 10.9 Å². The Bertz CT molecular complexity index is 581. The Morgan fingerprint density at radius 2 is 2.17 bits per heavy atom. The van der Waals surface area contributed by atoms with Crippen LogP contribution in [0, 0.1) is 12.7 Å². The zero-order chi connectivity index (χ0) is 13.1. The zero-order valence-corrected chi connectivity index (χ0v) is 10.3. The van der Waals surface area contributed by atoms with Crippen molar-refractivity contribution in [2.24, 2.45) is 0 Å². The zero-order valence-electron chi connectivity index (χ0n) is 9.58. The first-order valence-electron chi connectivity index (χ1n) is 5.25.